The lowest BCUT2D eigenvalue weighted by molar-refractivity contribution is -0.143. The van der Waals surface area contributed by atoms with Crippen molar-refractivity contribution in [2.45, 2.75) is 315 Å². The van der Waals surface area contributed by atoms with Gasteiger partial charge in [0.25, 0.3) is 0 Å². The second-order valence-corrected chi connectivity index (χ2v) is 18.6. The molecule has 0 aromatic heterocycles. The Morgan fingerprint density at radius 1 is 0.407 bits per heavy atom. The Bertz CT molecular complexity index is 837. The van der Waals surface area contributed by atoms with Crippen molar-refractivity contribution < 1.29 is 24.5 Å². The third-order valence-corrected chi connectivity index (χ3v) is 12.7. The molecule has 0 aromatic carbocycles. The van der Waals surface area contributed by atoms with Gasteiger partial charge in [-0.3, -0.25) is 9.59 Å². The molecule has 0 aliphatic heterocycles. The van der Waals surface area contributed by atoms with E-state index in [1.54, 1.807) is 0 Å². The number of carbonyl (C=O) groups is 2. The summed E-state index contributed by atoms with van der Waals surface area (Å²) in [6, 6.07) is -0.542. The predicted octanol–water partition coefficient (Wildman–Crippen LogP) is 16.0. The maximum Gasteiger partial charge on any atom is 0.305 e. The number of aliphatic hydroxyl groups is 2. The quantitative estimate of drug-likeness (QED) is 0.0419. The number of carbonyl (C=O) groups excluding carboxylic acids is 2. The number of amides is 1. The molecule has 0 radical (unpaired) electrons. The van der Waals surface area contributed by atoms with E-state index in [1.807, 2.05) is 0 Å². The van der Waals surface area contributed by atoms with Crippen molar-refractivity contribution in [3.8, 4) is 0 Å². The van der Waals surface area contributed by atoms with E-state index in [-0.39, 0.29) is 18.5 Å². The molecule has 352 valence electrons. The lowest BCUT2D eigenvalue weighted by Crippen LogP contribution is -2.45. The van der Waals surface area contributed by atoms with Gasteiger partial charge in [0.15, 0.2) is 0 Å². The summed E-state index contributed by atoms with van der Waals surface area (Å²) in [7, 11) is 0. The lowest BCUT2D eigenvalue weighted by atomic mass is 10.0. The molecule has 0 aromatic rings. The molecule has 0 fully saturated rings. The first-order chi connectivity index (χ1) is 29.0. The normalized spacial score (nSPS) is 12.5. The van der Waals surface area contributed by atoms with Gasteiger partial charge in [-0.05, 0) is 25.7 Å². The molecule has 0 saturated carbocycles. The van der Waals surface area contributed by atoms with Crippen LogP contribution in [0.25, 0.3) is 0 Å². The van der Waals surface area contributed by atoms with E-state index in [2.05, 4.69) is 19.2 Å². The first-order valence-corrected chi connectivity index (χ1v) is 26.8. The Kier molecular flexibility index (Phi) is 48.6. The summed E-state index contributed by atoms with van der Waals surface area (Å²) < 4.78 is 5.46. The minimum atomic E-state index is -0.664. The highest BCUT2D eigenvalue weighted by Gasteiger charge is 2.20. The molecule has 0 rings (SSSR count). The zero-order valence-corrected chi connectivity index (χ0v) is 40.0. The molecule has 6 nitrogen and oxygen atoms in total. The minimum Gasteiger partial charge on any atom is -0.466 e. The van der Waals surface area contributed by atoms with Crippen molar-refractivity contribution in [2.75, 3.05) is 13.2 Å². The van der Waals surface area contributed by atoms with Gasteiger partial charge in [0.1, 0.15) is 0 Å². The van der Waals surface area contributed by atoms with Crippen LogP contribution in [0.1, 0.15) is 303 Å². The molecule has 0 aliphatic carbocycles. The molecule has 1 amide bonds. The Labute approximate surface area is 368 Å². The SMILES string of the molecule is CCCCCCCCCCCCCCCC(O)C(CO)NC(=O)CCCCCCCCCCCCCCCCCCCCOC(=O)CCCCCCCCCCCCC. The van der Waals surface area contributed by atoms with Crippen molar-refractivity contribution in [1.29, 1.82) is 0 Å². The first-order valence-electron chi connectivity index (χ1n) is 26.8. The molecule has 3 N–H and O–H groups in total. The Morgan fingerprint density at radius 3 is 1.03 bits per heavy atom. The van der Waals surface area contributed by atoms with Crippen molar-refractivity contribution in [1.82, 2.24) is 5.32 Å². The van der Waals surface area contributed by atoms with Crippen LogP contribution in [-0.2, 0) is 14.3 Å². The van der Waals surface area contributed by atoms with Crippen molar-refractivity contribution in [3.63, 3.8) is 0 Å². The van der Waals surface area contributed by atoms with E-state index in [0.29, 0.717) is 25.9 Å². The van der Waals surface area contributed by atoms with Crippen LogP contribution in [0.15, 0.2) is 0 Å². The number of hydrogen-bond acceptors (Lipinski definition) is 5. The van der Waals surface area contributed by atoms with E-state index < -0.39 is 12.1 Å². The van der Waals surface area contributed by atoms with Crippen molar-refractivity contribution >= 4 is 11.9 Å². The fourth-order valence-corrected chi connectivity index (χ4v) is 8.52. The topological polar surface area (TPSA) is 95.9 Å². The molecular formula is C53H105NO5. The van der Waals surface area contributed by atoms with E-state index in [1.165, 1.54) is 231 Å². The second-order valence-electron chi connectivity index (χ2n) is 18.6. The standard InChI is InChI=1S/C53H105NO5/c1-3-5-7-9-11-13-15-22-26-29-33-37-41-45-51(56)50(49-55)54-52(57)46-42-38-34-30-27-23-20-18-16-17-19-21-24-28-32-36-40-44-48-59-53(58)47-43-39-35-31-25-14-12-10-8-6-4-2/h50-51,55-56H,3-49H2,1-2H3,(H,54,57). The van der Waals surface area contributed by atoms with Gasteiger partial charge in [-0.25, -0.2) is 0 Å². The lowest BCUT2D eigenvalue weighted by Gasteiger charge is -2.22. The zero-order chi connectivity index (χ0) is 43.0. The largest absolute Gasteiger partial charge is 0.466 e. The monoisotopic (exact) mass is 836 g/mol. The Morgan fingerprint density at radius 2 is 0.695 bits per heavy atom. The molecular weight excluding hydrogens is 731 g/mol. The summed E-state index contributed by atoms with van der Waals surface area (Å²) in [4.78, 5) is 24.4. The van der Waals surface area contributed by atoms with Crippen LogP contribution in [0, 0.1) is 0 Å². The fraction of sp³-hybridized carbons (Fsp3) is 0.962. The van der Waals surface area contributed by atoms with Gasteiger partial charge in [0, 0.05) is 12.8 Å². The summed E-state index contributed by atoms with van der Waals surface area (Å²) in [6.45, 7) is 4.95. The first kappa shape index (κ1) is 57.9. The summed E-state index contributed by atoms with van der Waals surface area (Å²) in [6.07, 6.45) is 55.0. The molecule has 6 heteroatoms. The molecule has 59 heavy (non-hydrogen) atoms. The molecule has 0 aliphatic rings. The van der Waals surface area contributed by atoms with Gasteiger partial charge in [0.2, 0.25) is 5.91 Å². The molecule has 0 heterocycles. The van der Waals surface area contributed by atoms with Gasteiger partial charge in [-0.2, -0.15) is 0 Å². The van der Waals surface area contributed by atoms with Crippen LogP contribution < -0.4 is 5.32 Å². The average molecular weight is 836 g/mol. The number of rotatable bonds is 50. The second kappa shape index (κ2) is 49.5. The minimum absolute atomic E-state index is 0.00752. The van der Waals surface area contributed by atoms with Crippen LogP contribution >= 0.6 is 0 Å². The van der Waals surface area contributed by atoms with Crippen molar-refractivity contribution in [3.05, 3.63) is 0 Å². The third kappa shape index (κ3) is 46.2. The smallest absolute Gasteiger partial charge is 0.305 e. The van der Waals surface area contributed by atoms with Crippen LogP contribution in [0.5, 0.6) is 0 Å². The number of esters is 1. The zero-order valence-electron chi connectivity index (χ0n) is 40.0. The highest BCUT2D eigenvalue weighted by Crippen LogP contribution is 2.17. The van der Waals surface area contributed by atoms with Gasteiger partial charge < -0.3 is 20.3 Å². The van der Waals surface area contributed by atoms with Gasteiger partial charge >= 0.3 is 5.97 Å². The van der Waals surface area contributed by atoms with E-state index in [0.717, 1.165) is 38.5 Å². The van der Waals surface area contributed by atoms with Crippen LogP contribution in [0.3, 0.4) is 0 Å². The van der Waals surface area contributed by atoms with Gasteiger partial charge in [0.05, 0.1) is 25.4 Å². The molecule has 2 atom stereocenters. The maximum absolute atomic E-state index is 12.4. The summed E-state index contributed by atoms with van der Waals surface area (Å²) in [5.41, 5.74) is 0. The number of hydrogen-bond donors (Lipinski definition) is 3. The van der Waals surface area contributed by atoms with Gasteiger partial charge in [-0.15, -0.1) is 0 Å². The molecule has 0 spiro atoms. The van der Waals surface area contributed by atoms with Crippen LogP contribution in [-0.4, -0.2) is 47.4 Å². The maximum atomic E-state index is 12.4. The predicted molar refractivity (Wildman–Crippen MR) is 255 cm³/mol. The number of aliphatic hydroxyl groups excluding tert-OH is 2. The summed E-state index contributed by atoms with van der Waals surface area (Å²) in [5, 5.41) is 23.2. The Hall–Kier alpha value is -1.14. The van der Waals surface area contributed by atoms with E-state index >= 15 is 0 Å². The third-order valence-electron chi connectivity index (χ3n) is 12.7. The Balaban J connectivity index is 3.39. The van der Waals surface area contributed by atoms with Crippen LogP contribution in [0.2, 0.25) is 0 Å². The highest BCUT2D eigenvalue weighted by atomic mass is 16.5. The molecule has 2 unspecified atom stereocenters. The van der Waals surface area contributed by atoms with Gasteiger partial charge in [-0.1, -0.05) is 264 Å². The summed E-state index contributed by atoms with van der Waals surface area (Å²) in [5.74, 6) is -0.0301. The van der Waals surface area contributed by atoms with Crippen molar-refractivity contribution in [2.24, 2.45) is 0 Å². The van der Waals surface area contributed by atoms with E-state index in [4.69, 9.17) is 4.74 Å². The number of ether oxygens (including phenoxy) is 1. The average Bonchev–Trinajstić information content (AvgIpc) is 3.24. The van der Waals surface area contributed by atoms with E-state index in [9.17, 15) is 19.8 Å². The fourth-order valence-electron chi connectivity index (χ4n) is 8.52. The number of nitrogens with one attached hydrogen (secondary N) is 1. The highest BCUT2D eigenvalue weighted by molar-refractivity contribution is 5.76. The van der Waals surface area contributed by atoms with Crippen LogP contribution in [0.4, 0.5) is 0 Å². The summed E-state index contributed by atoms with van der Waals surface area (Å²) >= 11 is 0. The molecule has 0 bridgehead atoms. The number of unbranched alkanes of at least 4 members (excludes halogenated alkanes) is 39. The molecule has 0 saturated heterocycles.